The number of allylic oxidation sites excluding steroid dienone is 2. The fourth-order valence-electron chi connectivity index (χ4n) is 4.05. The van der Waals surface area contributed by atoms with E-state index in [1.165, 1.54) is 0 Å². The van der Waals surface area contributed by atoms with Crippen molar-refractivity contribution in [2.75, 3.05) is 5.32 Å². The third-order valence-electron chi connectivity index (χ3n) is 5.34. The lowest BCUT2D eigenvalue weighted by Gasteiger charge is -2.32. The predicted octanol–water partition coefficient (Wildman–Crippen LogP) is 4.93. The van der Waals surface area contributed by atoms with Crippen molar-refractivity contribution in [3.63, 3.8) is 0 Å². The summed E-state index contributed by atoms with van der Waals surface area (Å²) in [6.45, 7) is 2.04. The predicted molar refractivity (Wildman–Crippen MR) is 109 cm³/mol. The highest BCUT2D eigenvalue weighted by Crippen LogP contribution is 2.42. The number of nitrogens with zero attached hydrogens (tertiary/aromatic N) is 3. The molecule has 140 valence electrons. The van der Waals surface area contributed by atoms with Crippen LogP contribution in [0, 0.1) is 6.92 Å². The van der Waals surface area contributed by atoms with Gasteiger partial charge in [-0.2, -0.15) is 4.98 Å². The fraction of sp³-hybridized carbons (Fsp3) is 0.227. The van der Waals surface area contributed by atoms with Crippen LogP contribution in [0.25, 0.3) is 11.4 Å². The topological polar surface area (TPSA) is 59.8 Å². The molecule has 0 fully saturated rings. The average molecular weight is 391 g/mol. The zero-order chi connectivity index (χ0) is 19.3. The van der Waals surface area contributed by atoms with Gasteiger partial charge < -0.3 is 5.32 Å². The van der Waals surface area contributed by atoms with Crippen LogP contribution >= 0.6 is 11.6 Å². The zero-order valence-corrected chi connectivity index (χ0v) is 16.2. The molecule has 2 aliphatic rings. The Labute approximate surface area is 168 Å². The smallest absolute Gasteiger partial charge is 0.226 e. The number of benzene rings is 2. The number of rotatable bonds is 2. The lowest BCUT2D eigenvalue weighted by Crippen LogP contribution is -2.31. The summed E-state index contributed by atoms with van der Waals surface area (Å²) in [5.41, 5.74) is 4.67. The summed E-state index contributed by atoms with van der Waals surface area (Å²) in [5, 5.41) is 8.77. The van der Waals surface area contributed by atoms with Crippen LogP contribution < -0.4 is 5.32 Å². The van der Waals surface area contributed by atoms with E-state index < -0.39 is 0 Å². The highest BCUT2D eigenvalue weighted by molar-refractivity contribution is 6.31. The Morgan fingerprint density at radius 3 is 2.82 bits per heavy atom. The number of carbonyl (C=O) groups is 1. The summed E-state index contributed by atoms with van der Waals surface area (Å²) >= 11 is 6.53. The van der Waals surface area contributed by atoms with E-state index in [0.717, 1.165) is 40.8 Å². The molecule has 0 spiro atoms. The van der Waals surface area contributed by atoms with E-state index in [4.69, 9.17) is 21.7 Å². The Bertz CT molecular complexity index is 1130. The van der Waals surface area contributed by atoms with Crippen molar-refractivity contribution >= 4 is 23.3 Å². The summed E-state index contributed by atoms with van der Waals surface area (Å²) in [6.07, 6.45) is 2.23. The summed E-state index contributed by atoms with van der Waals surface area (Å²) in [5.74, 6) is 1.43. The summed E-state index contributed by atoms with van der Waals surface area (Å²) < 4.78 is 1.81. The molecule has 1 N–H and O–H groups in total. The Morgan fingerprint density at radius 2 is 2.00 bits per heavy atom. The molecule has 0 saturated carbocycles. The van der Waals surface area contributed by atoms with Gasteiger partial charge in [0, 0.05) is 33.8 Å². The first-order valence-electron chi connectivity index (χ1n) is 9.43. The normalized spacial score (nSPS) is 18.5. The van der Waals surface area contributed by atoms with E-state index in [2.05, 4.69) is 11.4 Å². The van der Waals surface area contributed by atoms with Gasteiger partial charge in [0.25, 0.3) is 0 Å². The number of fused-ring (bicyclic) bond motifs is 1. The Balaban J connectivity index is 1.71. The molecule has 3 aromatic rings. The summed E-state index contributed by atoms with van der Waals surface area (Å²) in [7, 11) is 0. The minimum atomic E-state index is -0.362. The van der Waals surface area contributed by atoms with Crippen LogP contribution in [-0.2, 0) is 4.79 Å². The molecule has 5 rings (SSSR count). The number of halogens is 1. The second-order valence-electron chi connectivity index (χ2n) is 7.29. The van der Waals surface area contributed by atoms with Gasteiger partial charge in [0.15, 0.2) is 11.6 Å². The molecule has 1 aromatic heterocycles. The molecule has 0 radical (unpaired) electrons. The largest absolute Gasteiger partial charge is 0.328 e. The van der Waals surface area contributed by atoms with Gasteiger partial charge in [0.1, 0.15) is 6.04 Å². The molecule has 0 saturated heterocycles. The van der Waals surface area contributed by atoms with E-state index >= 15 is 0 Å². The van der Waals surface area contributed by atoms with Gasteiger partial charge in [-0.1, -0.05) is 53.6 Å². The second kappa shape index (κ2) is 6.60. The molecular weight excluding hydrogens is 372 g/mol. The Hall–Kier alpha value is -2.92. The van der Waals surface area contributed by atoms with Gasteiger partial charge in [0.2, 0.25) is 5.95 Å². The molecule has 1 atom stereocenters. The van der Waals surface area contributed by atoms with Crippen LogP contribution in [0.1, 0.15) is 36.4 Å². The summed E-state index contributed by atoms with van der Waals surface area (Å²) in [6, 6.07) is 15.4. The number of hydrogen-bond acceptors (Lipinski definition) is 4. The average Bonchev–Trinajstić information content (AvgIpc) is 3.11. The molecule has 6 heteroatoms. The van der Waals surface area contributed by atoms with Gasteiger partial charge in [-0.05, 0) is 31.9 Å². The van der Waals surface area contributed by atoms with Crippen molar-refractivity contribution in [2.45, 2.75) is 32.2 Å². The fourth-order valence-corrected chi connectivity index (χ4v) is 4.29. The molecule has 0 amide bonds. The molecular formula is C22H19ClN4O. The highest BCUT2D eigenvalue weighted by atomic mass is 35.5. The number of anilines is 1. The maximum Gasteiger partial charge on any atom is 0.226 e. The number of ketones is 1. The molecule has 0 bridgehead atoms. The molecule has 1 unspecified atom stereocenters. The minimum Gasteiger partial charge on any atom is -0.328 e. The maximum atomic E-state index is 12.9. The third-order valence-corrected chi connectivity index (χ3v) is 5.69. The number of aromatic nitrogens is 3. The highest BCUT2D eigenvalue weighted by Gasteiger charge is 2.37. The molecule has 2 aromatic carbocycles. The summed E-state index contributed by atoms with van der Waals surface area (Å²) in [4.78, 5) is 17.6. The Kier molecular flexibility index (Phi) is 4.05. The maximum absolute atomic E-state index is 12.9. The lowest BCUT2D eigenvalue weighted by molar-refractivity contribution is -0.116. The lowest BCUT2D eigenvalue weighted by atomic mass is 9.85. The number of aryl methyl sites for hydroxylation is 1. The van der Waals surface area contributed by atoms with E-state index in [-0.39, 0.29) is 11.8 Å². The SMILES string of the molecule is Cc1cccc(-c2nc3n(n2)C(c2ccccc2Cl)C2=C(CCCC2=O)N3)c1. The van der Waals surface area contributed by atoms with Gasteiger partial charge in [-0.25, -0.2) is 4.68 Å². The first-order valence-corrected chi connectivity index (χ1v) is 9.81. The number of hydrogen-bond donors (Lipinski definition) is 1. The second-order valence-corrected chi connectivity index (χ2v) is 7.70. The number of nitrogens with one attached hydrogen (secondary N) is 1. The standard InChI is InChI=1S/C22H19ClN4O/c1-13-6-4-7-14(12-13)21-25-22-24-17-10-5-11-18(28)19(17)20(27(22)26-21)15-8-2-3-9-16(15)23/h2-4,6-9,12,20H,5,10-11H2,1H3,(H,24,25,26). The van der Waals surface area contributed by atoms with Gasteiger partial charge >= 0.3 is 0 Å². The van der Waals surface area contributed by atoms with E-state index in [1.54, 1.807) is 4.68 Å². The van der Waals surface area contributed by atoms with E-state index in [1.807, 2.05) is 49.4 Å². The van der Waals surface area contributed by atoms with Gasteiger partial charge in [-0.3, -0.25) is 4.79 Å². The van der Waals surface area contributed by atoms with Crippen molar-refractivity contribution in [2.24, 2.45) is 0 Å². The van der Waals surface area contributed by atoms with Crippen molar-refractivity contribution < 1.29 is 4.79 Å². The molecule has 1 aliphatic carbocycles. The zero-order valence-electron chi connectivity index (χ0n) is 15.4. The van der Waals surface area contributed by atoms with Gasteiger partial charge in [-0.15, -0.1) is 5.10 Å². The van der Waals surface area contributed by atoms with Crippen molar-refractivity contribution in [3.05, 3.63) is 76.0 Å². The molecule has 5 nitrogen and oxygen atoms in total. The first kappa shape index (κ1) is 17.2. The third kappa shape index (κ3) is 2.74. The molecule has 1 aliphatic heterocycles. The quantitative estimate of drug-likeness (QED) is 0.674. The van der Waals surface area contributed by atoms with E-state index in [9.17, 15) is 4.79 Å². The first-order chi connectivity index (χ1) is 13.6. The van der Waals surface area contributed by atoms with Gasteiger partial charge in [0.05, 0.1) is 0 Å². The minimum absolute atomic E-state index is 0.150. The van der Waals surface area contributed by atoms with Crippen LogP contribution in [0.3, 0.4) is 0 Å². The molecule has 2 heterocycles. The van der Waals surface area contributed by atoms with Crippen LogP contribution in [0.5, 0.6) is 0 Å². The monoisotopic (exact) mass is 390 g/mol. The van der Waals surface area contributed by atoms with Crippen molar-refractivity contribution in [3.8, 4) is 11.4 Å². The number of carbonyl (C=O) groups excluding carboxylic acids is 1. The van der Waals surface area contributed by atoms with Crippen molar-refractivity contribution in [1.82, 2.24) is 14.8 Å². The van der Waals surface area contributed by atoms with Crippen molar-refractivity contribution in [1.29, 1.82) is 0 Å². The Morgan fingerprint density at radius 1 is 1.14 bits per heavy atom. The van der Waals surface area contributed by atoms with Crippen LogP contribution in [0.15, 0.2) is 59.8 Å². The van der Waals surface area contributed by atoms with E-state index in [0.29, 0.717) is 23.2 Å². The number of Topliss-reactive ketones (excluding diaryl/α,β-unsaturated/α-hetero) is 1. The molecule has 28 heavy (non-hydrogen) atoms. The van der Waals surface area contributed by atoms with Crippen LogP contribution in [0.2, 0.25) is 5.02 Å². The van der Waals surface area contributed by atoms with Crippen LogP contribution in [0.4, 0.5) is 5.95 Å². The van der Waals surface area contributed by atoms with Crippen LogP contribution in [-0.4, -0.2) is 20.5 Å².